The molecule has 2 heterocycles. The molecule has 1 N–H and O–H groups in total. The van der Waals surface area contributed by atoms with E-state index in [1.54, 1.807) is 7.11 Å². The van der Waals surface area contributed by atoms with Gasteiger partial charge in [-0.15, -0.1) is 0 Å². The van der Waals surface area contributed by atoms with Gasteiger partial charge >= 0.3 is 0 Å². The first-order valence-electron chi connectivity index (χ1n) is 8.04. The number of imidazole rings is 1. The monoisotopic (exact) mass is 313 g/mol. The van der Waals surface area contributed by atoms with E-state index in [1.807, 2.05) is 35.4 Å². The summed E-state index contributed by atoms with van der Waals surface area (Å²) < 4.78 is 5.40. The quantitative estimate of drug-likeness (QED) is 0.923. The Kier molecular flexibility index (Phi) is 4.37. The SMILES string of the molecule is COc1ccccc1-c1cnc([C@H]2CC(=O)N(CC(C)C)C2)[nH]1. The van der Waals surface area contributed by atoms with Crippen LogP contribution in [0.4, 0.5) is 0 Å². The zero-order valence-corrected chi connectivity index (χ0v) is 13.9. The van der Waals surface area contributed by atoms with Gasteiger partial charge < -0.3 is 14.6 Å². The molecule has 1 aromatic heterocycles. The summed E-state index contributed by atoms with van der Waals surface area (Å²) in [7, 11) is 1.66. The number of benzene rings is 1. The highest BCUT2D eigenvalue weighted by molar-refractivity contribution is 5.79. The van der Waals surface area contributed by atoms with Gasteiger partial charge in [0.2, 0.25) is 5.91 Å². The first-order chi connectivity index (χ1) is 11.1. The number of rotatable bonds is 5. The average molecular weight is 313 g/mol. The van der Waals surface area contributed by atoms with Crippen LogP contribution in [-0.2, 0) is 4.79 Å². The van der Waals surface area contributed by atoms with Crippen molar-refractivity contribution in [2.75, 3.05) is 20.2 Å². The minimum atomic E-state index is 0.143. The maximum absolute atomic E-state index is 12.1. The normalized spacial score (nSPS) is 18.0. The van der Waals surface area contributed by atoms with Gasteiger partial charge in [0.05, 0.1) is 19.0 Å². The number of para-hydroxylation sites is 1. The molecule has 0 unspecified atom stereocenters. The lowest BCUT2D eigenvalue weighted by molar-refractivity contribution is -0.128. The van der Waals surface area contributed by atoms with Crippen LogP contribution in [0.5, 0.6) is 5.75 Å². The molecule has 1 aliphatic heterocycles. The Hall–Kier alpha value is -2.30. The van der Waals surface area contributed by atoms with Crippen molar-refractivity contribution in [2.45, 2.75) is 26.2 Å². The van der Waals surface area contributed by atoms with E-state index in [-0.39, 0.29) is 11.8 Å². The van der Waals surface area contributed by atoms with Crippen molar-refractivity contribution in [3.05, 3.63) is 36.3 Å². The highest BCUT2D eigenvalue weighted by atomic mass is 16.5. The molecule has 0 bridgehead atoms. The second-order valence-electron chi connectivity index (χ2n) is 6.48. The number of aromatic amines is 1. The van der Waals surface area contributed by atoms with Gasteiger partial charge in [-0.05, 0) is 18.1 Å². The number of aromatic nitrogens is 2. The molecular weight excluding hydrogens is 290 g/mol. The highest BCUT2D eigenvalue weighted by Crippen LogP contribution is 2.31. The van der Waals surface area contributed by atoms with E-state index >= 15 is 0 Å². The van der Waals surface area contributed by atoms with Crippen molar-refractivity contribution < 1.29 is 9.53 Å². The molecule has 1 atom stereocenters. The maximum Gasteiger partial charge on any atom is 0.223 e. The molecule has 5 heteroatoms. The van der Waals surface area contributed by atoms with Gasteiger partial charge in [0.1, 0.15) is 11.6 Å². The smallest absolute Gasteiger partial charge is 0.223 e. The van der Waals surface area contributed by atoms with Gasteiger partial charge in [0.15, 0.2) is 0 Å². The fraction of sp³-hybridized carbons (Fsp3) is 0.444. The van der Waals surface area contributed by atoms with Gasteiger partial charge in [0, 0.05) is 31.0 Å². The van der Waals surface area contributed by atoms with Crippen molar-refractivity contribution in [2.24, 2.45) is 5.92 Å². The Morgan fingerprint density at radius 2 is 2.17 bits per heavy atom. The van der Waals surface area contributed by atoms with E-state index in [1.165, 1.54) is 0 Å². The molecule has 1 amide bonds. The second kappa shape index (κ2) is 6.44. The Labute approximate surface area is 136 Å². The van der Waals surface area contributed by atoms with Crippen molar-refractivity contribution in [3.8, 4) is 17.0 Å². The topological polar surface area (TPSA) is 58.2 Å². The third-order valence-corrected chi connectivity index (χ3v) is 4.18. The van der Waals surface area contributed by atoms with Crippen LogP contribution in [0.15, 0.2) is 30.5 Å². The number of carbonyl (C=O) groups is 1. The largest absolute Gasteiger partial charge is 0.496 e. The lowest BCUT2D eigenvalue weighted by Crippen LogP contribution is -2.29. The third-order valence-electron chi connectivity index (χ3n) is 4.18. The molecule has 5 nitrogen and oxygen atoms in total. The van der Waals surface area contributed by atoms with Crippen LogP contribution >= 0.6 is 0 Å². The van der Waals surface area contributed by atoms with Crippen LogP contribution in [0.1, 0.15) is 32.0 Å². The molecule has 2 aromatic rings. The van der Waals surface area contributed by atoms with Crippen LogP contribution in [0.3, 0.4) is 0 Å². The zero-order valence-electron chi connectivity index (χ0n) is 13.9. The van der Waals surface area contributed by atoms with E-state index in [2.05, 4.69) is 23.8 Å². The minimum absolute atomic E-state index is 0.143. The number of nitrogens with zero attached hydrogens (tertiary/aromatic N) is 2. The number of methoxy groups -OCH3 is 1. The van der Waals surface area contributed by atoms with Crippen LogP contribution in [-0.4, -0.2) is 41.0 Å². The molecule has 0 saturated carbocycles. The van der Waals surface area contributed by atoms with Crippen LogP contribution in [0, 0.1) is 5.92 Å². The van der Waals surface area contributed by atoms with Gasteiger partial charge in [-0.3, -0.25) is 4.79 Å². The number of ether oxygens (including phenoxy) is 1. The lowest BCUT2D eigenvalue weighted by atomic mass is 10.1. The van der Waals surface area contributed by atoms with Gasteiger partial charge in [0.25, 0.3) is 0 Å². The van der Waals surface area contributed by atoms with Crippen LogP contribution in [0.2, 0.25) is 0 Å². The number of hydrogen-bond acceptors (Lipinski definition) is 3. The van der Waals surface area contributed by atoms with Gasteiger partial charge in [-0.1, -0.05) is 26.0 Å². The fourth-order valence-electron chi connectivity index (χ4n) is 3.12. The average Bonchev–Trinajstić information content (AvgIpc) is 3.14. The summed E-state index contributed by atoms with van der Waals surface area (Å²) in [6, 6.07) is 7.85. The summed E-state index contributed by atoms with van der Waals surface area (Å²) in [4.78, 5) is 22.0. The van der Waals surface area contributed by atoms with Crippen molar-refractivity contribution in [3.63, 3.8) is 0 Å². The van der Waals surface area contributed by atoms with E-state index in [9.17, 15) is 4.79 Å². The predicted molar refractivity (Wildman–Crippen MR) is 89.4 cm³/mol. The summed E-state index contributed by atoms with van der Waals surface area (Å²) in [5.74, 6) is 2.54. The Morgan fingerprint density at radius 3 is 2.91 bits per heavy atom. The van der Waals surface area contributed by atoms with Crippen LogP contribution in [0.25, 0.3) is 11.3 Å². The standard InChI is InChI=1S/C18H23N3O2/c1-12(2)10-21-11-13(8-17(21)22)18-19-9-15(20-18)14-6-4-5-7-16(14)23-3/h4-7,9,12-13H,8,10-11H2,1-3H3,(H,19,20)/t13-/m0/s1. The Balaban J connectivity index is 1.79. The number of nitrogens with one attached hydrogen (secondary N) is 1. The fourth-order valence-corrected chi connectivity index (χ4v) is 3.12. The van der Waals surface area contributed by atoms with E-state index in [4.69, 9.17) is 4.74 Å². The van der Waals surface area contributed by atoms with Crippen molar-refractivity contribution in [1.82, 2.24) is 14.9 Å². The van der Waals surface area contributed by atoms with Crippen LogP contribution < -0.4 is 4.74 Å². The molecular formula is C18H23N3O2. The molecule has 0 aliphatic carbocycles. The predicted octanol–water partition coefficient (Wildman–Crippen LogP) is 3.06. The van der Waals surface area contributed by atoms with Gasteiger partial charge in [-0.2, -0.15) is 0 Å². The summed E-state index contributed by atoms with van der Waals surface area (Å²) >= 11 is 0. The molecule has 122 valence electrons. The lowest BCUT2D eigenvalue weighted by Gasteiger charge is -2.18. The number of amides is 1. The minimum Gasteiger partial charge on any atom is -0.496 e. The number of likely N-dealkylation sites (tertiary alicyclic amines) is 1. The molecule has 3 rings (SSSR count). The summed E-state index contributed by atoms with van der Waals surface area (Å²) in [6.07, 6.45) is 2.36. The van der Waals surface area contributed by atoms with Crippen molar-refractivity contribution >= 4 is 5.91 Å². The summed E-state index contributed by atoms with van der Waals surface area (Å²) in [5.41, 5.74) is 1.91. The van der Waals surface area contributed by atoms with Crippen molar-refractivity contribution in [1.29, 1.82) is 0 Å². The molecule has 1 fully saturated rings. The Bertz CT molecular complexity index is 693. The number of carbonyl (C=O) groups excluding carboxylic acids is 1. The summed E-state index contributed by atoms with van der Waals surface area (Å²) in [5, 5.41) is 0. The molecule has 1 saturated heterocycles. The maximum atomic E-state index is 12.1. The molecule has 0 spiro atoms. The highest BCUT2D eigenvalue weighted by Gasteiger charge is 2.32. The van der Waals surface area contributed by atoms with Gasteiger partial charge in [-0.25, -0.2) is 4.98 Å². The van der Waals surface area contributed by atoms with E-state index in [0.29, 0.717) is 12.3 Å². The zero-order chi connectivity index (χ0) is 16.4. The summed E-state index contributed by atoms with van der Waals surface area (Å²) in [6.45, 7) is 5.83. The molecule has 1 aromatic carbocycles. The second-order valence-corrected chi connectivity index (χ2v) is 6.48. The van der Waals surface area contributed by atoms with E-state index in [0.717, 1.165) is 35.9 Å². The first-order valence-corrected chi connectivity index (χ1v) is 8.04. The number of hydrogen-bond donors (Lipinski definition) is 1. The first kappa shape index (κ1) is 15.6. The molecule has 23 heavy (non-hydrogen) atoms. The Morgan fingerprint density at radius 1 is 1.39 bits per heavy atom. The molecule has 0 radical (unpaired) electrons. The number of H-pyrrole nitrogens is 1. The molecule has 1 aliphatic rings. The van der Waals surface area contributed by atoms with E-state index < -0.39 is 0 Å². The third kappa shape index (κ3) is 3.23.